The van der Waals surface area contributed by atoms with Crippen LogP contribution in [0.5, 0.6) is 0 Å². The lowest BCUT2D eigenvalue weighted by Crippen LogP contribution is -2.26. The predicted molar refractivity (Wildman–Crippen MR) is 90.9 cm³/mol. The Morgan fingerprint density at radius 3 is 2.32 bits per heavy atom. The van der Waals surface area contributed by atoms with Crippen molar-refractivity contribution in [1.29, 1.82) is 0 Å². The maximum absolute atomic E-state index is 12.4. The van der Waals surface area contributed by atoms with E-state index in [-0.39, 0.29) is 5.91 Å². The lowest BCUT2D eigenvalue weighted by molar-refractivity contribution is 0.0785. The zero-order chi connectivity index (χ0) is 15.5. The number of carbonyl (C=O) groups excluding carboxylic acids is 1. The van der Waals surface area contributed by atoms with Gasteiger partial charge in [0.15, 0.2) is 0 Å². The average Bonchev–Trinajstić information content (AvgIpc) is 2.55. The molecule has 0 spiro atoms. The number of hydrogen-bond acceptors (Lipinski definition) is 1. The highest BCUT2D eigenvalue weighted by Crippen LogP contribution is 2.17. The third kappa shape index (κ3) is 3.01. The van der Waals surface area contributed by atoms with Crippen LogP contribution in [0.4, 0.5) is 0 Å². The molecule has 3 aromatic carbocycles. The van der Waals surface area contributed by atoms with Gasteiger partial charge < -0.3 is 4.90 Å². The molecule has 0 aliphatic rings. The summed E-state index contributed by atoms with van der Waals surface area (Å²) in [6.07, 6.45) is 0. The molecule has 0 heterocycles. The Bertz CT molecular complexity index is 805. The summed E-state index contributed by atoms with van der Waals surface area (Å²) < 4.78 is 0. The average molecular weight is 289 g/mol. The number of nitrogens with zero attached hydrogens (tertiary/aromatic N) is 1. The van der Waals surface area contributed by atoms with E-state index in [0.717, 1.165) is 16.7 Å². The van der Waals surface area contributed by atoms with E-state index in [1.807, 2.05) is 50.4 Å². The van der Waals surface area contributed by atoms with Gasteiger partial charge >= 0.3 is 0 Å². The van der Waals surface area contributed by atoms with Gasteiger partial charge in [0.1, 0.15) is 0 Å². The standard InChI is InChI=1S/C20H19NO/c1-15-7-10-18(11-8-15)20(22)21(2)14-16-9-12-17-5-3-4-6-19(17)13-16/h3-13H,14H2,1-2H3. The molecule has 2 heteroatoms. The molecule has 0 saturated heterocycles. The molecule has 1 amide bonds. The van der Waals surface area contributed by atoms with Crippen molar-refractivity contribution in [3.8, 4) is 0 Å². The fourth-order valence-corrected chi connectivity index (χ4v) is 2.60. The fourth-order valence-electron chi connectivity index (χ4n) is 2.60. The molecule has 0 aliphatic heterocycles. The van der Waals surface area contributed by atoms with E-state index < -0.39 is 0 Å². The van der Waals surface area contributed by atoms with Crippen LogP contribution in [0.2, 0.25) is 0 Å². The third-order valence-electron chi connectivity index (χ3n) is 3.88. The fraction of sp³-hybridized carbons (Fsp3) is 0.150. The van der Waals surface area contributed by atoms with Crippen molar-refractivity contribution < 1.29 is 4.79 Å². The molecule has 0 aromatic heterocycles. The molecule has 0 radical (unpaired) electrons. The van der Waals surface area contributed by atoms with Crippen LogP contribution in [0.15, 0.2) is 66.7 Å². The Morgan fingerprint density at radius 2 is 1.59 bits per heavy atom. The minimum Gasteiger partial charge on any atom is -0.337 e. The lowest BCUT2D eigenvalue weighted by atomic mass is 10.1. The van der Waals surface area contributed by atoms with Crippen molar-refractivity contribution in [2.75, 3.05) is 7.05 Å². The van der Waals surface area contributed by atoms with E-state index in [9.17, 15) is 4.79 Å². The van der Waals surface area contributed by atoms with Gasteiger partial charge in [0.25, 0.3) is 5.91 Å². The highest BCUT2D eigenvalue weighted by atomic mass is 16.2. The van der Waals surface area contributed by atoms with Crippen molar-refractivity contribution in [3.63, 3.8) is 0 Å². The van der Waals surface area contributed by atoms with Crippen LogP contribution in [0.3, 0.4) is 0 Å². The zero-order valence-corrected chi connectivity index (χ0v) is 12.9. The maximum atomic E-state index is 12.4. The number of carbonyl (C=O) groups is 1. The van der Waals surface area contributed by atoms with Crippen LogP contribution in [0, 0.1) is 6.92 Å². The van der Waals surface area contributed by atoms with E-state index in [4.69, 9.17) is 0 Å². The van der Waals surface area contributed by atoms with Crippen molar-refractivity contribution in [2.24, 2.45) is 0 Å². The predicted octanol–water partition coefficient (Wildman–Crippen LogP) is 4.42. The molecule has 0 unspecified atom stereocenters. The van der Waals surface area contributed by atoms with Crippen molar-refractivity contribution in [3.05, 3.63) is 83.4 Å². The van der Waals surface area contributed by atoms with Crippen LogP contribution in [-0.4, -0.2) is 17.9 Å². The van der Waals surface area contributed by atoms with E-state index in [1.54, 1.807) is 4.90 Å². The zero-order valence-electron chi connectivity index (χ0n) is 12.9. The number of benzene rings is 3. The number of aryl methyl sites for hydroxylation is 1. The first kappa shape index (κ1) is 14.3. The van der Waals surface area contributed by atoms with Gasteiger partial charge in [0.2, 0.25) is 0 Å². The Labute approximate surface area is 131 Å². The maximum Gasteiger partial charge on any atom is 0.253 e. The largest absolute Gasteiger partial charge is 0.337 e. The Hall–Kier alpha value is -2.61. The molecule has 0 saturated carbocycles. The first-order valence-corrected chi connectivity index (χ1v) is 7.43. The third-order valence-corrected chi connectivity index (χ3v) is 3.88. The smallest absolute Gasteiger partial charge is 0.253 e. The summed E-state index contributed by atoms with van der Waals surface area (Å²) in [5.74, 6) is 0.0492. The van der Waals surface area contributed by atoms with Gasteiger partial charge in [-0.15, -0.1) is 0 Å². The Morgan fingerprint density at radius 1 is 0.909 bits per heavy atom. The summed E-state index contributed by atoms with van der Waals surface area (Å²) in [5.41, 5.74) is 3.03. The molecule has 2 nitrogen and oxygen atoms in total. The van der Waals surface area contributed by atoms with E-state index in [1.165, 1.54) is 10.8 Å². The lowest BCUT2D eigenvalue weighted by Gasteiger charge is -2.18. The molecule has 0 aliphatic carbocycles. The molecule has 0 N–H and O–H groups in total. The van der Waals surface area contributed by atoms with Gasteiger partial charge in [-0.1, -0.05) is 54.1 Å². The molecule has 0 bridgehead atoms. The van der Waals surface area contributed by atoms with E-state index >= 15 is 0 Å². The molecule has 3 rings (SSSR count). The second-order valence-corrected chi connectivity index (χ2v) is 5.71. The number of rotatable bonds is 3. The first-order chi connectivity index (χ1) is 10.6. The van der Waals surface area contributed by atoms with Gasteiger partial charge in [-0.05, 0) is 41.5 Å². The van der Waals surface area contributed by atoms with Gasteiger partial charge in [-0.25, -0.2) is 0 Å². The monoisotopic (exact) mass is 289 g/mol. The molecule has 110 valence electrons. The first-order valence-electron chi connectivity index (χ1n) is 7.43. The molecule has 22 heavy (non-hydrogen) atoms. The number of fused-ring (bicyclic) bond motifs is 1. The van der Waals surface area contributed by atoms with Gasteiger partial charge in [-0.3, -0.25) is 4.79 Å². The molecule has 0 atom stereocenters. The van der Waals surface area contributed by atoms with Crippen molar-refractivity contribution in [1.82, 2.24) is 4.90 Å². The number of hydrogen-bond donors (Lipinski definition) is 0. The molecular formula is C20H19NO. The van der Waals surface area contributed by atoms with Crippen LogP contribution in [0.25, 0.3) is 10.8 Å². The van der Waals surface area contributed by atoms with Crippen molar-refractivity contribution in [2.45, 2.75) is 13.5 Å². The summed E-state index contributed by atoms with van der Waals surface area (Å²) in [5, 5.41) is 2.43. The van der Waals surface area contributed by atoms with Crippen LogP contribution in [-0.2, 0) is 6.54 Å². The summed E-state index contributed by atoms with van der Waals surface area (Å²) >= 11 is 0. The summed E-state index contributed by atoms with van der Waals surface area (Å²) in [6, 6.07) is 22.3. The molecule has 0 fully saturated rings. The van der Waals surface area contributed by atoms with Crippen molar-refractivity contribution >= 4 is 16.7 Å². The minimum absolute atomic E-state index is 0.0492. The number of amides is 1. The Balaban J connectivity index is 1.78. The van der Waals surface area contributed by atoms with Crippen LogP contribution < -0.4 is 0 Å². The second-order valence-electron chi connectivity index (χ2n) is 5.71. The summed E-state index contributed by atoms with van der Waals surface area (Å²) in [4.78, 5) is 14.2. The quantitative estimate of drug-likeness (QED) is 0.699. The summed E-state index contributed by atoms with van der Waals surface area (Å²) in [6.45, 7) is 2.63. The van der Waals surface area contributed by atoms with Crippen LogP contribution in [0.1, 0.15) is 21.5 Å². The highest BCUT2D eigenvalue weighted by molar-refractivity contribution is 5.94. The molecular weight excluding hydrogens is 270 g/mol. The second kappa shape index (κ2) is 6.02. The van der Waals surface area contributed by atoms with Gasteiger partial charge in [0, 0.05) is 19.2 Å². The topological polar surface area (TPSA) is 20.3 Å². The van der Waals surface area contributed by atoms with E-state index in [2.05, 4.69) is 30.3 Å². The van der Waals surface area contributed by atoms with Crippen LogP contribution >= 0.6 is 0 Å². The normalized spacial score (nSPS) is 10.6. The highest BCUT2D eigenvalue weighted by Gasteiger charge is 2.11. The van der Waals surface area contributed by atoms with E-state index in [0.29, 0.717) is 6.54 Å². The minimum atomic E-state index is 0.0492. The van der Waals surface area contributed by atoms with Gasteiger partial charge in [0.05, 0.1) is 0 Å². The van der Waals surface area contributed by atoms with Gasteiger partial charge in [-0.2, -0.15) is 0 Å². The SMILES string of the molecule is Cc1ccc(C(=O)N(C)Cc2ccc3ccccc3c2)cc1. The Kier molecular flexibility index (Phi) is 3.92. The molecule has 3 aromatic rings. The summed E-state index contributed by atoms with van der Waals surface area (Å²) in [7, 11) is 1.84.